The van der Waals surface area contributed by atoms with E-state index in [1.807, 2.05) is 6.92 Å². The molecule has 0 bridgehead atoms. The molecule has 0 saturated heterocycles. The molecule has 0 amide bonds. The lowest BCUT2D eigenvalue weighted by atomic mass is 10.1. The van der Waals surface area contributed by atoms with Gasteiger partial charge < -0.3 is 4.74 Å². The summed E-state index contributed by atoms with van der Waals surface area (Å²) in [5.41, 5.74) is 1.01. The molecular formula is C19H32O4S. The standard InChI is InChI=1S/C19H32O4S/c1-4-6-8-9-11-19(22-16-10-7-5-2)23-24(20,21)18-14-12-17(3)13-15-18/h12-15,19H,4-11,16H2,1-3H3. The van der Waals surface area contributed by atoms with Gasteiger partial charge in [0.1, 0.15) is 0 Å². The van der Waals surface area contributed by atoms with Gasteiger partial charge in [-0.05, 0) is 38.3 Å². The molecule has 0 spiro atoms. The molecule has 5 heteroatoms. The predicted octanol–water partition coefficient (Wildman–Crippen LogP) is 5.20. The van der Waals surface area contributed by atoms with E-state index in [-0.39, 0.29) is 4.90 Å². The molecule has 4 nitrogen and oxygen atoms in total. The van der Waals surface area contributed by atoms with Crippen LogP contribution in [0.5, 0.6) is 0 Å². The average molecular weight is 357 g/mol. The van der Waals surface area contributed by atoms with Gasteiger partial charge in [-0.25, -0.2) is 4.18 Å². The molecular weight excluding hydrogens is 324 g/mol. The van der Waals surface area contributed by atoms with Crippen LogP contribution >= 0.6 is 0 Å². The molecule has 1 rings (SSSR count). The molecule has 1 aromatic carbocycles. The fraction of sp³-hybridized carbons (Fsp3) is 0.684. The molecule has 0 saturated carbocycles. The van der Waals surface area contributed by atoms with Crippen LogP contribution in [0.4, 0.5) is 0 Å². The van der Waals surface area contributed by atoms with Crippen molar-refractivity contribution in [2.45, 2.75) is 83.3 Å². The second-order valence-corrected chi connectivity index (χ2v) is 7.79. The first kappa shape index (κ1) is 21.1. The van der Waals surface area contributed by atoms with Crippen LogP contribution in [0.25, 0.3) is 0 Å². The van der Waals surface area contributed by atoms with E-state index < -0.39 is 16.4 Å². The molecule has 0 aliphatic rings. The van der Waals surface area contributed by atoms with Crippen molar-refractivity contribution in [2.75, 3.05) is 6.61 Å². The summed E-state index contributed by atoms with van der Waals surface area (Å²) in [5, 5.41) is 0. The van der Waals surface area contributed by atoms with E-state index in [2.05, 4.69) is 13.8 Å². The maximum atomic E-state index is 12.4. The molecule has 0 fully saturated rings. The number of hydrogen-bond donors (Lipinski definition) is 0. The normalized spacial score (nSPS) is 13.1. The van der Waals surface area contributed by atoms with Crippen LogP contribution in [0.1, 0.15) is 70.8 Å². The quantitative estimate of drug-likeness (QED) is 0.277. The predicted molar refractivity (Wildman–Crippen MR) is 97.5 cm³/mol. The Labute approximate surface area is 147 Å². The number of benzene rings is 1. The average Bonchev–Trinajstić information content (AvgIpc) is 2.55. The second-order valence-electron chi connectivity index (χ2n) is 6.22. The fourth-order valence-corrected chi connectivity index (χ4v) is 3.38. The van der Waals surface area contributed by atoms with Crippen molar-refractivity contribution in [3.05, 3.63) is 29.8 Å². The van der Waals surface area contributed by atoms with Gasteiger partial charge in [-0.2, -0.15) is 8.42 Å². The van der Waals surface area contributed by atoms with Crippen molar-refractivity contribution in [2.24, 2.45) is 0 Å². The zero-order valence-corrected chi connectivity index (χ0v) is 16.1. The first-order chi connectivity index (χ1) is 11.5. The van der Waals surface area contributed by atoms with Crippen molar-refractivity contribution >= 4 is 10.1 Å². The summed E-state index contributed by atoms with van der Waals surface area (Å²) in [6.45, 7) is 6.73. The Hall–Kier alpha value is -0.910. The number of aryl methyl sites for hydroxylation is 1. The third kappa shape index (κ3) is 8.27. The summed E-state index contributed by atoms with van der Waals surface area (Å²) >= 11 is 0. The molecule has 1 atom stereocenters. The summed E-state index contributed by atoms with van der Waals surface area (Å²) in [6.07, 6.45) is 7.30. The highest BCUT2D eigenvalue weighted by atomic mass is 32.2. The highest BCUT2D eigenvalue weighted by Gasteiger charge is 2.22. The summed E-state index contributed by atoms with van der Waals surface area (Å²) < 4.78 is 35.9. The third-order valence-corrected chi connectivity index (χ3v) is 5.21. The van der Waals surface area contributed by atoms with Crippen LogP contribution < -0.4 is 0 Å². The van der Waals surface area contributed by atoms with Crippen LogP contribution in [0.2, 0.25) is 0 Å². The van der Waals surface area contributed by atoms with Gasteiger partial charge in [-0.15, -0.1) is 0 Å². The van der Waals surface area contributed by atoms with Crippen molar-refractivity contribution in [1.29, 1.82) is 0 Å². The molecule has 0 aromatic heterocycles. The van der Waals surface area contributed by atoms with E-state index in [1.165, 1.54) is 0 Å². The largest absolute Gasteiger partial charge is 0.351 e. The Balaban J connectivity index is 2.64. The maximum absolute atomic E-state index is 12.4. The Morgan fingerprint density at radius 3 is 2.17 bits per heavy atom. The smallest absolute Gasteiger partial charge is 0.299 e. The van der Waals surface area contributed by atoms with E-state index in [0.29, 0.717) is 13.0 Å². The zero-order valence-electron chi connectivity index (χ0n) is 15.3. The Bertz CT molecular complexity index is 525. The summed E-state index contributed by atoms with van der Waals surface area (Å²) in [5.74, 6) is 0. The summed E-state index contributed by atoms with van der Waals surface area (Å²) in [6, 6.07) is 6.70. The van der Waals surface area contributed by atoms with Gasteiger partial charge in [-0.1, -0.05) is 63.6 Å². The summed E-state index contributed by atoms with van der Waals surface area (Å²) in [4.78, 5) is 0.184. The van der Waals surface area contributed by atoms with Gasteiger partial charge in [-0.3, -0.25) is 0 Å². The SMILES string of the molecule is CCCCCCC(OCCCCC)OS(=O)(=O)c1ccc(C)cc1. The molecule has 0 heterocycles. The Kier molecular flexibility index (Phi) is 10.2. The van der Waals surface area contributed by atoms with E-state index in [9.17, 15) is 8.42 Å². The first-order valence-electron chi connectivity index (χ1n) is 9.11. The molecule has 1 unspecified atom stereocenters. The van der Waals surface area contributed by atoms with Gasteiger partial charge >= 0.3 is 0 Å². The van der Waals surface area contributed by atoms with E-state index in [1.54, 1.807) is 24.3 Å². The van der Waals surface area contributed by atoms with E-state index in [4.69, 9.17) is 8.92 Å². The number of unbranched alkanes of at least 4 members (excludes halogenated alkanes) is 5. The van der Waals surface area contributed by atoms with Gasteiger partial charge in [0.05, 0.1) is 4.90 Å². The monoisotopic (exact) mass is 356 g/mol. The van der Waals surface area contributed by atoms with Crippen LogP contribution in [0.15, 0.2) is 29.2 Å². The molecule has 1 aromatic rings. The molecule has 0 radical (unpaired) electrons. The van der Waals surface area contributed by atoms with Crippen LogP contribution in [-0.2, 0) is 19.0 Å². The first-order valence-corrected chi connectivity index (χ1v) is 10.5. The van der Waals surface area contributed by atoms with Gasteiger partial charge in [0.15, 0.2) is 6.29 Å². The minimum absolute atomic E-state index is 0.184. The van der Waals surface area contributed by atoms with Crippen LogP contribution in [0, 0.1) is 6.92 Å². The second kappa shape index (κ2) is 11.6. The maximum Gasteiger partial charge on any atom is 0.299 e. The summed E-state index contributed by atoms with van der Waals surface area (Å²) in [7, 11) is -3.79. The van der Waals surface area contributed by atoms with Crippen LogP contribution in [-0.4, -0.2) is 21.3 Å². The van der Waals surface area contributed by atoms with Crippen molar-refractivity contribution < 1.29 is 17.3 Å². The lowest BCUT2D eigenvalue weighted by Gasteiger charge is -2.18. The topological polar surface area (TPSA) is 52.6 Å². The molecule has 138 valence electrons. The third-order valence-electron chi connectivity index (χ3n) is 3.89. The van der Waals surface area contributed by atoms with Crippen molar-refractivity contribution in [3.63, 3.8) is 0 Å². The number of ether oxygens (including phenoxy) is 1. The van der Waals surface area contributed by atoms with Gasteiger partial charge in [0.2, 0.25) is 0 Å². The van der Waals surface area contributed by atoms with Gasteiger partial charge in [0.25, 0.3) is 10.1 Å². The number of rotatable bonds is 13. The van der Waals surface area contributed by atoms with E-state index >= 15 is 0 Å². The van der Waals surface area contributed by atoms with Crippen LogP contribution in [0.3, 0.4) is 0 Å². The lowest BCUT2D eigenvalue weighted by Crippen LogP contribution is -2.22. The lowest BCUT2D eigenvalue weighted by molar-refractivity contribution is -0.0827. The Morgan fingerprint density at radius 2 is 1.54 bits per heavy atom. The number of hydrogen-bond acceptors (Lipinski definition) is 4. The van der Waals surface area contributed by atoms with E-state index in [0.717, 1.165) is 50.5 Å². The zero-order chi connectivity index (χ0) is 17.8. The minimum atomic E-state index is -3.79. The highest BCUT2D eigenvalue weighted by molar-refractivity contribution is 7.86. The van der Waals surface area contributed by atoms with Gasteiger partial charge in [0, 0.05) is 6.61 Å². The Morgan fingerprint density at radius 1 is 0.917 bits per heavy atom. The fourth-order valence-electron chi connectivity index (χ4n) is 2.37. The molecule has 0 N–H and O–H groups in total. The molecule has 0 aliphatic heterocycles. The molecule has 24 heavy (non-hydrogen) atoms. The highest BCUT2D eigenvalue weighted by Crippen LogP contribution is 2.19. The van der Waals surface area contributed by atoms with Crippen molar-refractivity contribution in [3.8, 4) is 0 Å². The van der Waals surface area contributed by atoms with Crippen molar-refractivity contribution in [1.82, 2.24) is 0 Å². The minimum Gasteiger partial charge on any atom is -0.351 e. The molecule has 0 aliphatic carbocycles.